The zero-order chi connectivity index (χ0) is 24.6. The van der Waals surface area contributed by atoms with Gasteiger partial charge in [0.05, 0.1) is 18.1 Å². The van der Waals surface area contributed by atoms with Gasteiger partial charge in [0.25, 0.3) is 0 Å². The summed E-state index contributed by atoms with van der Waals surface area (Å²) in [5.41, 5.74) is -1.20. The number of carboxylic acid groups (broad SMARTS) is 1. The van der Waals surface area contributed by atoms with Crippen LogP contribution in [0.15, 0.2) is 0 Å². The molecule has 34 heavy (non-hydrogen) atoms. The summed E-state index contributed by atoms with van der Waals surface area (Å²) in [6.07, 6.45) is 13.7. The minimum atomic E-state index is -1.17. The largest absolute Gasteiger partial charge is 0.481 e. The molecule has 3 rings (SSSR count). The van der Waals surface area contributed by atoms with Crippen LogP contribution in [0.3, 0.4) is 0 Å². The molecule has 2 aliphatic heterocycles. The van der Waals surface area contributed by atoms with Gasteiger partial charge in [-0.05, 0) is 83.7 Å². The average molecular weight is 482 g/mol. The van der Waals surface area contributed by atoms with Gasteiger partial charge in [-0.2, -0.15) is 0 Å². The van der Waals surface area contributed by atoms with E-state index in [9.17, 15) is 20.1 Å². The number of hydrogen-bond donors (Lipinski definition) is 6. The van der Waals surface area contributed by atoms with Gasteiger partial charge in [-0.15, -0.1) is 0 Å². The van der Waals surface area contributed by atoms with Gasteiger partial charge in [-0.3, -0.25) is 4.79 Å². The van der Waals surface area contributed by atoms with E-state index in [-0.39, 0.29) is 24.1 Å². The number of hydrogen-bond acceptors (Lipinski definition) is 6. The number of rotatable bonds is 12. The molecule has 7 heteroatoms. The third kappa shape index (κ3) is 8.74. The van der Waals surface area contributed by atoms with Crippen molar-refractivity contribution in [1.82, 2.24) is 16.0 Å². The van der Waals surface area contributed by atoms with Crippen molar-refractivity contribution in [2.75, 3.05) is 19.6 Å². The smallest absolute Gasteiger partial charge is 0.306 e. The fourth-order valence-electron chi connectivity index (χ4n) is 6.50. The number of carboxylic acids is 1. The number of carbonyl (C=O) groups is 1. The van der Waals surface area contributed by atoms with Crippen LogP contribution in [0.2, 0.25) is 0 Å². The first-order valence-electron chi connectivity index (χ1n) is 14.0. The fraction of sp³-hybridized carbons (Fsp3) is 0.963. The number of unbranched alkanes of at least 4 members (excludes halogenated alkanes) is 2. The summed E-state index contributed by atoms with van der Waals surface area (Å²) >= 11 is 0. The summed E-state index contributed by atoms with van der Waals surface area (Å²) in [6, 6.07) is 0.793. The first kappa shape index (κ1) is 27.9. The molecule has 3 fully saturated rings. The van der Waals surface area contributed by atoms with Crippen molar-refractivity contribution in [3.63, 3.8) is 0 Å². The maximum Gasteiger partial charge on any atom is 0.306 e. The molecule has 2 heterocycles. The summed E-state index contributed by atoms with van der Waals surface area (Å²) < 4.78 is 0. The maximum absolute atomic E-state index is 11.4. The molecule has 6 N–H and O–H groups in total. The molecule has 0 bridgehead atoms. The van der Waals surface area contributed by atoms with Crippen molar-refractivity contribution in [3.05, 3.63) is 0 Å². The minimum Gasteiger partial charge on any atom is -0.481 e. The van der Waals surface area contributed by atoms with Gasteiger partial charge in [0.2, 0.25) is 0 Å². The molecule has 0 aromatic carbocycles. The summed E-state index contributed by atoms with van der Waals surface area (Å²) in [6.45, 7) is 6.55. The minimum absolute atomic E-state index is 0.0262. The lowest BCUT2D eigenvalue weighted by Gasteiger charge is -2.40. The Hall–Kier alpha value is -0.730. The number of aliphatic carboxylic acids is 1. The highest BCUT2D eigenvalue weighted by Gasteiger charge is 2.35. The maximum atomic E-state index is 11.4. The normalized spacial score (nSPS) is 33.8. The molecule has 198 valence electrons. The van der Waals surface area contributed by atoms with Crippen LogP contribution >= 0.6 is 0 Å². The molecule has 0 spiro atoms. The summed E-state index contributed by atoms with van der Waals surface area (Å²) in [7, 11) is 0. The second kappa shape index (κ2) is 13.0. The summed E-state index contributed by atoms with van der Waals surface area (Å²) in [5, 5.41) is 40.9. The van der Waals surface area contributed by atoms with Gasteiger partial charge in [0.1, 0.15) is 0 Å². The Morgan fingerprint density at radius 2 is 1.76 bits per heavy atom. The van der Waals surface area contributed by atoms with Gasteiger partial charge >= 0.3 is 5.97 Å². The van der Waals surface area contributed by atoms with Gasteiger partial charge in [0.15, 0.2) is 0 Å². The zero-order valence-corrected chi connectivity index (χ0v) is 21.7. The fourth-order valence-corrected chi connectivity index (χ4v) is 6.50. The van der Waals surface area contributed by atoms with Crippen LogP contribution in [0.25, 0.3) is 0 Å². The molecule has 0 aromatic rings. The Kier molecular flexibility index (Phi) is 10.6. The van der Waals surface area contributed by atoms with E-state index >= 15 is 0 Å². The van der Waals surface area contributed by atoms with Gasteiger partial charge in [-0.25, -0.2) is 0 Å². The van der Waals surface area contributed by atoms with Gasteiger partial charge < -0.3 is 31.3 Å². The van der Waals surface area contributed by atoms with Crippen molar-refractivity contribution in [2.45, 2.75) is 133 Å². The molecule has 4 atom stereocenters. The van der Waals surface area contributed by atoms with E-state index in [1.807, 2.05) is 0 Å². The third-order valence-corrected chi connectivity index (χ3v) is 9.07. The van der Waals surface area contributed by atoms with Crippen LogP contribution in [0.4, 0.5) is 0 Å². The Labute approximate surface area is 206 Å². The SMILES string of the molecule is CC1NC(C2CCC(CCCCCC(O)(CNC3(C)CCNCC3)CC(=O)O)CC2)CCC1O. The van der Waals surface area contributed by atoms with Crippen LogP contribution in [0.1, 0.15) is 104 Å². The molecular formula is C27H51N3O4. The standard InChI is InChI=1S/C27H51N3O4/c1-20-24(31)12-11-23(30-20)22-9-7-21(8-10-22)6-4-3-5-13-27(34,18-25(32)33)19-29-26(2)14-16-28-17-15-26/h20-24,28-31,34H,3-19H2,1-2H3,(H,32,33). The zero-order valence-electron chi connectivity index (χ0n) is 21.7. The lowest BCUT2D eigenvalue weighted by Crippen LogP contribution is -2.55. The van der Waals surface area contributed by atoms with Crippen LogP contribution in [-0.4, -0.2) is 70.3 Å². The second-order valence-electron chi connectivity index (χ2n) is 12.0. The number of aliphatic hydroxyl groups is 2. The van der Waals surface area contributed by atoms with Crippen LogP contribution in [-0.2, 0) is 4.79 Å². The van der Waals surface area contributed by atoms with E-state index in [1.54, 1.807) is 0 Å². The van der Waals surface area contributed by atoms with E-state index in [0.29, 0.717) is 19.0 Å². The molecule has 1 aliphatic carbocycles. The first-order valence-corrected chi connectivity index (χ1v) is 14.0. The van der Waals surface area contributed by atoms with Crippen LogP contribution in [0.5, 0.6) is 0 Å². The highest BCUT2D eigenvalue weighted by Crippen LogP contribution is 2.36. The van der Waals surface area contributed by atoms with Crippen molar-refractivity contribution in [3.8, 4) is 0 Å². The van der Waals surface area contributed by atoms with Crippen molar-refractivity contribution in [1.29, 1.82) is 0 Å². The molecule has 0 amide bonds. The molecule has 3 aliphatic rings. The third-order valence-electron chi connectivity index (χ3n) is 9.07. The van der Waals surface area contributed by atoms with Crippen LogP contribution < -0.4 is 16.0 Å². The van der Waals surface area contributed by atoms with Crippen molar-refractivity contribution < 1.29 is 20.1 Å². The number of nitrogens with one attached hydrogen (secondary N) is 3. The molecule has 0 aromatic heterocycles. The Bertz CT molecular complexity index is 619. The Balaban J connectivity index is 1.32. The van der Waals surface area contributed by atoms with E-state index in [2.05, 4.69) is 29.8 Å². The number of piperidine rings is 2. The molecule has 1 saturated carbocycles. The average Bonchev–Trinajstić information content (AvgIpc) is 2.80. The van der Waals surface area contributed by atoms with Gasteiger partial charge in [0, 0.05) is 24.2 Å². The van der Waals surface area contributed by atoms with Crippen LogP contribution in [0, 0.1) is 11.8 Å². The molecule has 0 radical (unpaired) electrons. The van der Waals surface area contributed by atoms with E-state index in [0.717, 1.165) is 63.5 Å². The second-order valence-corrected chi connectivity index (χ2v) is 12.0. The summed E-state index contributed by atoms with van der Waals surface area (Å²) in [5.74, 6) is 0.640. The molecule has 4 unspecified atom stereocenters. The predicted molar refractivity (Wildman–Crippen MR) is 136 cm³/mol. The molecular weight excluding hydrogens is 430 g/mol. The van der Waals surface area contributed by atoms with Crippen molar-refractivity contribution in [2.24, 2.45) is 11.8 Å². The lowest BCUT2D eigenvalue weighted by atomic mass is 9.74. The monoisotopic (exact) mass is 481 g/mol. The predicted octanol–water partition coefficient (Wildman–Crippen LogP) is 3.18. The van der Waals surface area contributed by atoms with E-state index in [1.165, 1.54) is 38.5 Å². The number of aliphatic hydroxyl groups excluding tert-OH is 1. The topological polar surface area (TPSA) is 114 Å². The Morgan fingerprint density at radius 1 is 1.06 bits per heavy atom. The molecule has 2 saturated heterocycles. The van der Waals surface area contributed by atoms with E-state index in [4.69, 9.17) is 0 Å². The highest BCUT2D eigenvalue weighted by molar-refractivity contribution is 5.68. The van der Waals surface area contributed by atoms with Crippen molar-refractivity contribution >= 4 is 5.97 Å². The Morgan fingerprint density at radius 3 is 2.41 bits per heavy atom. The summed E-state index contributed by atoms with van der Waals surface area (Å²) in [4.78, 5) is 11.4. The van der Waals surface area contributed by atoms with Gasteiger partial charge in [-0.1, -0.05) is 38.5 Å². The highest BCUT2D eigenvalue weighted by atomic mass is 16.4. The quantitative estimate of drug-likeness (QED) is 0.237. The first-order chi connectivity index (χ1) is 16.2. The lowest BCUT2D eigenvalue weighted by molar-refractivity contribution is -0.143. The number of β-amino-alcohol motifs (C(OH)–C–C–N with tert-alkyl or cyclic N) is 1. The molecule has 7 nitrogen and oxygen atoms in total. The van der Waals surface area contributed by atoms with E-state index < -0.39 is 11.6 Å².